The lowest BCUT2D eigenvalue weighted by Gasteiger charge is -2.43. The lowest BCUT2D eigenvalue weighted by Crippen LogP contribution is -2.49. The number of amides is 1. The van der Waals surface area contributed by atoms with Crippen LogP contribution in [0.4, 0.5) is 17.1 Å². The first-order valence-corrected chi connectivity index (χ1v) is 17.3. The number of para-hydroxylation sites is 2. The Hall–Kier alpha value is -5.28. The number of hydrogen-bond donors (Lipinski definition) is 2. The predicted molar refractivity (Wildman–Crippen MR) is 193 cm³/mol. The van der Waals surface area contributed by atoms with Gasteiger partial charge < -0.3 is 20.2 Å². The number of likely N-dealkylation sites (tertiary alicyclic amines) is 1. The van der Waals surface area contributed by atoms with E-state index in [-0.39, 0.29) is 35.3 Å². The molecule has 1 unspecified atom stereocenters. The van der Waals surface area contributed by atoms with E-state index >= 15 is 0 Å². The van der Waals surface area contributed by atoms with Gasteiger partial charge in [-0.3, -0.25) is 19.7 Å². The molecule has 50 heavy (non-hydrogen) atoms. The van der Waals surface area contributed by atoms with Crippen LogP contribution in [0.3, 0.4) is 0 Å². The van der Waals surface area contributed by atoms with Crippen molar-refractivity contribution in [3.05, 3.63) is 147 Å². The van der Waals surface area contributed by atoms with Crippen molar-refractivity contribution < 1.29 is 19.6 Å². The Morgan fingerprint density at radius 3 is 2.16 bits per heavy atom. The third-order valence-corrected chi connectivity index (χ3v) is 10.6. The summed E-state index contributed by atoms with van der Waals surface area (Å²) in [6, 6.07) is 32.8. The summed E-state index contributed by atoms with van der Waals surface area (Å²) in [5.41, 5.74) is 3.53. The Balaban J connectivity index is 1.22. The number of Topliss-reactive ketones (excluding diaryl/α,β-unsaturated/α-hetero) is 1. The molecule has 0 aromatic heterocycles. The van der Waals surface area contributed by atoms with Gasteiger partial charge in [0.25, 0.3) is 5.69 Å². The number of piperidine rings is 1. The van der Waals surface area contributed by atoms with Crippen molar-refractivity contribution in [3.63, 3.8) is 0 Å². The standard InChI is InChI=1S/C41H42N4O5/c1-40(2)25-34-38(36(46)26-40)39(28-12-11-17-32(24-28)45(49)50)44(35-19-10-9-18-33(35)42-34)27-37(47)43-22-20-31(21-23-43)41(48,29-13-5-3-6-14-29)30-15-7-4-8-16-30/h3-19,24,31,39,42,48H,20-23,25-27H2,1-2H3. The third kappa shape index (κ3) is 6.18. The number of hydrogen-bond acceptors (Lipinski definition) is 7. The van der Waals surface area contributed by atoms with Gasteiger partial charge in [-0.15, -0.1) is 0 Å². The van der Waals surface area contributed by atoms with E-state index in [9.17, 15) is 24.8 Å². The van der Waals surface area contributed by atoms with Gasteiger partial charge in [0, 0.05) is 42.9 Å². The molecule has 1 aliphatic carbocycles. The topological polar surface area (TPSA) is 116 Å². The van der Waals surface area contributed by atoms with Gasteiger partial charge in [-0.2, -0.15) is 0 Å². The Morgan fingerprint density at radius 1 is 0.900 bits per heavy atom. The van der Waals surface area contributed by atoms with Crippen LogP contribution in [0.1, 0.15) is 62.3 Å². The molecule has 256 valence electrons. The highest BCUT2D eigenvalue weighted by Crippen LogP contribution is 2.49. The van der Waals surface area contributed by atoms with Crippen molar-refractivity contribution in [1.29, 1.82) is 0 Å². The summed E-state index contributed by atoms with van der Waals surface area (Å²) in [4.78, 5) is 43.7. The number of nitrogens with zero attached hydrogens (tertiary/aromatic N) is 3. The van der Waals surface area contributed by atoms with Crippen molar-refractivity contribution in [2.45, 2.75) is 51.2 Å². The minimum Gasteiger partial charge on any atom is -0.380 e. The molecule has 9 nitrogen and oxygen atoms in total. The molecule has 0 saturated carbocycles. The van der Waals surface area contributed by atoms with E-state index in [1.165, 1.54) is 12.1 Å². The van der Waals surface area contributed by atoms with Gasteiger partial charge in [0.2, 0.25) is 5.91 Å². The fourth-order valence-corrected chi connectivity index (χ4v) is 8.20. The van der Waals surface area contributed by atoms with Gasteiger partial charge in [0.15, 0.2) is 5.78 Å². The molecule has 2 aliphatic heterocycles. The number of nitro groups is 1. The van der Waals surface area contributed by atoms with Crippen molar-refractivity contribution >= 4 is 28.8 Å². The lowest BCUT2D eigenvalue weighted by molar-refractivity contribution is -0.384. The van der Waals surface area contributed by atoms with E-state index in [2.05, 4.69) is 19.2 Å². The van der Waals surface area contributed by atoms with E-state index in [0.717, 1.165) is 28.2 Å². The van der Waals surface area contributed by atoms with Crippen molar-refractivity contribution in [1.82, 2.24) is 4.90 Å². The number of anilines is 2. The normalized spacial score (nSPS) is 19.3. The summed E-state index contributed by atoms with van der Waals surface area (Å²) in [5, 5.41) is 27.8. The maximum absolute atomic E-state index is 14.4. The van der Waals surface area contributed by atoms with Crippen molar-refractivity contribution in [2.24, 2.45) is 11.3 Å². The molecular formula is C41H42N4O5. The molecule has 0 radical (unpaired) electrons. The molecule has 1 amide bonds. The van der Waals surface area contributed by atoms with Crippen LogP contribution in [0.2, 0.25) is 0 Å². The number of nitro benzene ring substituents is 1. The fourth-order valence-electron chi connectivity index (χ4n) is 8.20. The SMILES string of the molecule is CC1(C)CC(=O)C2=C(C1)Nc1ccccc1N(CC(=O)N1CCC(C(O)(c3ccccc3)c3ccccc3)CC1)C2c1cccc([N+](=O)[O-])c1. The van der Waals surface area contributed by atoms with E-state index in [4.69, 9.17) is 0 Å². The average Bonchev–Trinajstić information content (AvgIpc) is 3.26. The first kappa shape index (κ1) is 33.2. The largest absolute Gasteiger partial charge is 0.380 e. The summed E-state index contributed by atoms with van der Waals surface area (Å²) in [7, 11) is 0. The summed E-state index contributed by atoms with van der Waals surface area (Å²) >= 11 is 0. The Bertz CT molecular complexity index is 1910. The minimum atomic E-state index is -1.21. The molecule has 9 heteroatoms. The number of allylic oxidation sites excluding steroid dienone is 1. The van der Waals surface area contributed by atoms with Gasteiger partial charge >= 0.3 is 0 Å². The number of carbonyl (C=O) groups excluding carboxylic acids is 2. The minimum absolute atomic E-state index is 0.0348. The molecule has 3 aliphatic rings. The summed E-state index contributed by atoms with van der Waals surface area (Å²) in [6.07, 6.45) is 2.15. The van der Waals surface area contributed by atoms with Crippen LogP contribution in [-0.4, -0.2) is 46.3 Å². The predicted octanol–water partition coefficient (Wildman–Crippen LogP) is 7.39. The summed E-state index contributed by atoms with van der Waals surface area (Å²) in [5.74, 6) is -0.260. The molecule has 1 fully saturated rings. The summed E-state index contributed by atoms with van der Waals surface area (Å²) in [6.45, 7) is 5.02. The molecule has 2 N–H and O–H groups in total. The second-order valence-corrected chi connectivity index (χ2v) is 14.5. The molecule has 4 aromatic rings. The first-order chi connectivity index (χ1) is 24.0. The van der Waals surface area contributed by atoms with Crippen LogP contribution >= 0.6 is 0 Å². The zero-order chi connectivity index (χ0) is 35.0. The van der Waals surface area contributed by atoms with Gasteiger partial charge in [0.1, 0.15) is 5.60 Å². The van der Waals surface area contributed by atoms with E-state index < -0.39 is 16.6 Å². The average molecular weight is 671 g/mol. The van der Waals surface area contributed by atoms with Crippen molar-refractivity contribution in [2.75, 3.05) is 29.9 Å². The Kier molecular flexibility index (Phi) is 8.78. The molecule has 0 bridgehead atoms. The van der Waals surface area contributed by atoms with Crippen LogP contribution in [-0.2, 0) is 15.2 Å². The highest BCUT2D eigenvalue weighted by Gasteiger charge is 2.44. The number of benzene rings is 4. The molecular weight excluding hydrogens is 628 g/mol. The van der Waals surface area contributed by atoms with Gasteiger partial charge in [-0.25, -0.2) is 0 Å². The Labute approximate surface area is 292 Å². The molecule has 4 aromatic carbocycles. The smallest absolute Gasteiger partial charge is 0.269 e. The molecule has 0 spiro atoms. The van der Waals surface area contributed by atoms with Crippen LogP contribution in [0.15, 0.2) is 120 Å². The number of nitrogens with one attached hydrogen (secondary N) is 1. The lowest BCUT2D eigenvalue weighted by atomic mass is 9.72. The number of non-ortho nitro benzene ring substituents is 1. The van der Waals surface area contributed by atoms with Crippen LogP contribution < -0.4 is 10.2 Å². The number of ketones is 1. The number of aliphatic hydroxyl groups is 1. The van der Waals surface area contributed by atoms with Crippen LogP contribution in [0.5, 0.6) is 0 Å². The zero-order valence-corrected chi connectivity index (χ0v) is 28.4. The third-order valence-electron chi connectivity index (χ3n) is 10.6. The number of rotatable bonds is 7. The van der Waals surface area contributed by atoms with Crippen LogP contribution in [0.25, 0.3) is 0 Å². The van der Waals surface area contributed by atoms with Gasteiger partial charge in [-0.1, -0.05) is 98.8 Å². The molecule has 1 saturated heterocycles. The first-order valence-electron chi connectivity index (χ1n) is 17.3. The fraction of sp³-hybridized carbons (Fsp3) is 0.317. The van der Waals surface area contributed by atoms with Gasteiger partial charge in [0.05, 0.1) is 28.9 Å². The second kappa shape index (κ2) is 13.2. The van der Waals surface area contributed by atoms with E-state index in [1.54, 1.807) is 12.1 Å². The Morgan fingerprint density at radius 2 is 1.52 bits per heavy atom. The molecule has 2 heterocycles. The molecule has 7 rings (SSSR count). The van der Waals surface area contributed by atoms with Crippen molar-refractivity contribution in [3.8, 4) is 0 Å². The van der Waals surface area contributed by atoms with Crippen LogP contribution in [0, 0.1) is 21.4 Å². The van der Waals surface area contributed by atoms with Gasteiger partial charge in [-0.05, 0) is 59.4 Å². The quantitative estimate of drug-likeness (QED) is 0.156. The highest BCUT2D eigenvalue weighted by atomic mass is 16.6. The second-order valence-electron chi connectivity index (χ2n) is 14.5. The number of carbonyl (C=O) groups is 2. The number of fused-ring (bicyclic) bond motifs is 1. The summed E-state index contributed by atoms with van der Waals surface area (Å²) < 4.78 is 0. The highest BCUT2D eigenvalue weighted by molar-refractivity contribution is 6.02. The van der Waals surface area contributed by atoms with E-state index in [0.29, 0.717) is 49.9 Å². The zero-order valence-electron chi connectivity index (χ0n) is 28.4. The maximum Gasteiger partial charge on any atom is 0.269 e. The van der Waals surface area contributed by atoms with E-state index in [1.807, 2.05) is 94.7 Å². The molecule has 1 atom stereocenters. The maximum atomic E-state index is 14.4. The monoisotopic (exact) mass is 670 g/mol.